The maximum absolute atomic E-state index is 13.6. The van der Waals surface area contributed by atoms with E-state index >= 15 is 0 Å². The molecule has 0 aliphatic rings. The highest BCUT2D eigenvalue weighted by molar-refractivity contribution is 7.92. The summed E-state index contributed by atoms with van der Waals surface area (Å²) in [7, 11) is -4.05. The lowest BCUT2D eigenvalue weighted by Gasteiger charge is -2.24. The van der Waals surface area contributed by atoms with Gasteiger partial charge in [-0.15, -0.1) is 0 Å². The summed E-state index contributed by atoms with van der Waals surface area (Å²) in [6.07, 6.45) is 1.57. The number of sulfonamides is 1. The third-order valence-electron chi connectivity index (χ3n) is 6.45. The van der Waals surface area contributed by atoms with Crippen LogP contribution in [-0.2, 0) is 14.8 Å². The molecular weight excluding hydrogens is 524 g/mol. The number of ether oxygens (including phenoxy) is 1. The zero-order chi connectivity index (χ0) is 28.9. The molecule has 1 amide bonds. The van der Waals surface area contributed by atoms with Crippen molar-refractivity contribution in [2.24, 2.45) is 5.10 Å². The number of anilines is 1. The molecule has 3 aromatic carbocycles. The number of benzene rings is 3. The quantitative estimate of drug-likeness (QED) is 0.207. The Morgan fingerprint density at radius 1 is 0.950 bits per heavy atom. The highest BCUT2D eigenvalue weighted by Crippen LogP contribution is 2.26. The van der Waals surface area contributed by atoms with Gasteiger partial charge in [-0.3, -0.25) is 9.10 Å². The van der Waals surface area contributed by atoms with Crippen molar-refractivity contribution in [2.75, 3.05) is 17.5 Å². The highest BCUT2D eigenvalue weighted by Gasteiger charge is 2.27. The van der Waals surface area contributed by atoms with E-state index in [1.807, 2.05) is 58.9 Å². The molecule has 1 N–H and O–H groups in total. The van der Waals surface area contributed by atoms with Crippen molar-refractivity contribution >= 4 is 27.8 Å². The highest BCUT2D eigenvalue weighted by atomic mass is 32.2. The number of amides is 1. The van der Waals surface area contributed by atoms with Gasteiger partial charge in [0.25, 0.3) is 15.9 Å². The molecule has 0 radical (unpaired) electrons. The van der Waals surface area contributed by atoms with Gasteiger partial charge >= 0.3 is 0 Å². The first kappa shape index (κ1) is 28.6. The van der Waals surface area contributed by atoms with Crippen LogP contribution in [0.25, 0.3) is 5.69 Å². The summed E-state index contributed by atoms with van der Waals surface area (Å²) in [5, 5.41) is 4.14. The maximum Gasteiger partial charge on any atom is 0.264 e. The molecule has 8 nitrogen and oxygen atoms in total. The molecule has 1 heterocycles. The largest absolute Gasteiger partial charge is 0.494 e. The average Bonchev–Trinajstić information content (AvgIpc) is 3.21. The normalized spacial score (nSPS) is 11.5. The van der Waals surface area contributed by atoms with Crippen molar-refractivity contribution in [2.45, 2.75) is 39.5 Å². The second kappa shape index (κ2) is 12.2. The van der Waals surface area contributed by atoms with Crippen LogP contribution in [0.3, 0.4) is 0 Å². The zero-order valence-corrected chi connectivity index (χ0v) is 24.2. The summed E-state index contributed by atoms with van der Waals surface area (Å²) in [5.41, 5.74) is 8.89. The molecule has 0 spiro atoms. The standard InChI is InChI=1S/C31H34N4O4S/c1-6-39-29-14-16-30(17-15-29)40(37,38)34(27-12-10-22(2)11-13-27)21-31(36)33-32-20-26-19-24(4)35(25(26)5)28-9-7-8-23(3)18-28/h7-20H,6,21H2,1-5H3,(H,33,36)/b32-20-. The van der Waals surface area contributed by atoms with Gasteiger partial charge in [-0.2, -0.15) is 5.10 Å². The van der Waals surface area contributed by atoms with E-state index in [0.29, 0.717) is 18.0 Å². The molecule has 208 valence electrons. The van der Waals surface area contributed by atoms with Crippen molar-refractivity contribution in [1.29, 1.82) is 0 Å². The number of aryl methyl sites for hydroxylation is 3. The van der Waals surface area contributed by atoms with Crippen LogP contribution in [-0.4, -0.2) is 38.3 Å². The maximum atomic E-state index is 13.6. The minimum absolute atomic E-state index is 0.0522. The molecule has 0 aliphatic carbocycles. The molecule has 0 saturated heterocycles. The molecule has 0 saturated carbocycles. The van der Waals surface area contributed by atoms with Gasteiger partial charge in [-0.05, 0) is 94.8 Å². The molecule has 0 aliphatic heterocycles. The molecule has 4 rings (SSSR count). The number of hydrazone groups is 1. The number of carbonyl (C=O) groups excluding carboxylic acids is 1. The molecule has 0 atom stereocenters. The van der Waals surface area contributed by atoms with Gasteiger partial charge in [-0.25, -0.2) is 13.8 Å². The first-order valence-electron chi connectivity index (χ1n) is 13.0. The summed E-state index contributed by atoms with van der Waals surface area (Å²) in [6.45, 7) is 9.83. The van der Waals surface area contributed by atoms with E-state index in [1.54, 1.807) is 42.6 Å². The SMILES string of the molecule is CCOc1ccc(S(=O)(=O)N(CC(=O)N/N=C\c2cc(C)n(-c3cccc(C)c3)c2C)c2ccc(C)cc2)cc1. The third kappa shape index (κ3) is 6.43. The lowest BCUT2D eigenvalue weighted by atomic mass is 10.2. The van der Waals surface area contributed by atoms with Gasteiger partial charge < -0.3 is 9.30 Å². The van der Waals surface area contributed by atoms with Gasteiger partial charge in [0.1, 0.15) is 12.3 Å². The van der Waals surface area contributed by atoms with Crippen LogP contribution in [0.2, 0.25) is 0 Å². The van der Waals surface area contributed by atoms with Crippen LogP contribution in [0.5, 0.6) is 5.75 Å². The van der Waals surface area contributed by atoms with E-state index in [0.717, 1.165) is 38.1 Å². The number of rotatable bonds is 10. The van der Waals surface area contributed by atoms with Gasteiger partial charge in [0, 0.05) is 22.6 Å². The molecular formula is C31H34N4O4S. The Kier molecular flexibility index (Phi) is 8.74. The average molecular weight is 559 g/mol. The number of hydrogen-bond acceptors (Lipinski definition) is 5. The number of carbonyl (C=O) groups is 1. The minimum atomic E-state index is -4.05. The van der Waals surface area contributed by atoms with Gasteiger partial charge in [-0.1, -0.05) is 29.8 Å². The van der Waals surface area contributed by atoms with Crippen molar-refractivity contribution in [3.05, 3.63) is 107 Å². The molecule has 0 bridgehead atoms. The molecule has 40 heavy (non-hydrogen) atoms. The summed E-state index contributed by atoms with van der Waals surface area (Å²) >= 11 is 0. The molecule has 9 heteroatoms. The van der Waals surface area contributed by atoms with Crippen LogP contribution < -0.4 is 14.5 Å². The van der Waals surface area contributed by atoms with Crippen molar-refractivity contribution in [3.63, 3.8) is 0 Å². The fourth-order valence-corrected chi connectivity index (χ4v) is 5.87. The van der Waals surface area contributed by atoms with Gasteiger partial charge in [0.2, 0.25) is 0 Å². The first-order chi connectivity index (χ1) is 19.1. The van der Waals surface area contributed by atoms with E-state index in [9.17, 15) is 13.2 Å². The predicted molar refractivity (Wildman–Crippen MR) is 159 cm³/mol. The van der Waals surface area contributed by atoms with Crippen LogP contribution in [0.15, 0.2) is 88.9 Å². The Balaban J connectivity index is 1.54. The molecule has 0 fully saturated rings. The lowest BCUT2D eigenvalue weighted by molar-refractivity contribution is -0.119. The van der Waals surface area contributed by atoms with E-state index in [2.05, 4.69) is 21.2 Å². The Hall–Kier alpha value is -4.37. The summed E-state index contributed by atoms with van der Waals surface area (Å²) < 4.78 is 35.9. The zero-order valence-electron chi connectivity index (χ0n) is 23.4. The summed E-state index contributed by atoms with van der Waals surface area (Å²) in [5.74, 6) is -0.00370. The van der Waals surface area contributed by atoms with E-state index in [1.165, 1.54) is 12.1 Å². The minimum Gasteiger partial charge on any atom is -0.494 e. The van der Waals surface area contributed by atoms with Gasteiger partial charge in [0.15, 0.2) is 0 Å². The van der Waals surface area contributed by atoms with E-state index in [-0.39, 0.29) is 4.90 Å². The van der Waals surface area contributed by atoms with Crippen molar-refractivity contribution in [3.8, 4) is 11.4 Å². The molecule has 0 unspecified atom stereocenters. The van der Waals surface area contributed by atoms with Gasteiger partial charge in [0.05, 0.1) is 23.4 Å². The molecule has 4 aromatic rings. The van der Waals surface area contributed by atoms with Crippen molar-refractivity contribution < 1.29 is 17.9 Å². The fraction of sp³-hybridized carbons (Fsp3) is 0.226. The monoisotopic (exact) mass is 558 g/mol. The Labute approximate surface area is 236 Å². The van der Waals surface area contributed by atoms with Crippen LogP contribution in [0, 0.1) is 27.7 Å². The summed E-state index contributed by atoms with van der Waals surface area (Å²) in [4.78, 5) is 13.0. The number of hydrogen-bond donors (Lipinski definition) is 1. The lowest BCUT2D eigenvalue weighted by Crippen LogP contribution is -2.39. The van der Waals surface area contributed by atoms with Crippen LogP contribution in [0.4, 0.5) is 5.69 Å². The molecule has 1 aromatic heterocycles. The Morgan fingerprint density at radius 3 is 2.30 bits per heavy atom. The number of aromatic nitrogens is 1. The van der Waals surface area contributed by atoms with E-state index < -0.39 is 22.5 Å². The smallest absolute Gasteiger partial charge is 0.264 e. The number of nitrogens with one attached hydrogen (secondary N) is 1. The first-order valence-corrected chi connectivity index (χ1v) is 14.4. The van der Waals surface area contributed by atoms with E-state index in [4.69, 9.17) is 4.74 Å². The fourth-order valence-electron chi connectivity index (χ4n) is 4.45. The Morgan fingerprint density at radius 2 is 1.65 bits per heavy atom. The second-order valence-corrected chi connectivity index (χ2v) is 11.4. The Bertz CT molecular complexity index is 1620. The summed E-state index contributed by atoms with van der Waals surface area (Å²) in [6, 6.07) is 23.3. The topological polar surface area (TPSA) is 93.0 Å². The number of nitrogens with zero attached hydrogens (tertiary/aromatic N) is 3. The van der Waals surface area contributed by atoms with Crippen molar-refractivity contribution in [1.82, 2.24) is 9.99 Å². The van der Waals surface area contributed by atoms with Crippen LogP contribution >= 0.6 is 0 Å². The van der Waals surface area contributed by atoms with Crippen LogP contribution in [0.1, 0.15) is 35.0 Å². The predicted octanol–water partition coefficient (Wildman–Crippen LogP) is 5.46. The second-order valence-electron chi connectivity index (χ2n) is 9.55. The third-order valence-corrected chi connectivity index (χ3v) is 8.24.